The molecule has 1 aromatic heterocycles. The maximum absolute atomic E-state index is 12.3. The van der Waals surface area contributed by atoms with E-state index >= 15 is 0 Å². The number of nitrogens with one attached hydrogen (secondary N) is 2. The molecule has 0 bridgehead atoms. The van der Waals surface area contributed by atoms with Gasteiger partial charge in [-0.3, -0.25) is 19.5 Å². The smallest absolute Gasteiger partial charge is 0.322 e. The summed E-state index contributed by atoms with van der Waals surface area (Å²) in [6, 6.07) is 12.2. The van der Waals surface area contributed by atoms with Crippen LogP contribution in [0.4, 0.5) is 11.4 Å². The van der Waals surface area contributed by atoms with Crippen molar-refractivity contribution >= 4 is 17.3 Å². The van der Waals surface area contributed by atoms with Gasteiger partial charge in [0.05, 0.1) is 10.6 Å². The van der Waals surface area contributed by atoms with Gasteiger partial charge in [0.25, 0.3) is 11.6 Å². The zero-order chi connectivity index (χ0) is 18.0. The third kappa shape index (κ3) is 3.32. The molecule has 0 aliphatic rings. The first kappa shape index (κ1) is 16.2. The summed E-state index contributed by atoms with van der Waals surface area (Å²) in [4.78, 5) is 36.9. The number of non-ortho nitro benzene ring substituents is 1. The van der Waals surface area contributed by atoms with Crippen LogP contribution >= 0.6 is 0 Å². The molecule has 3 aromatic rings. The molecule has 1 amide bonds. The highest BCUT2D eigenvalue weighted by Gasteiger charge is 2.11. The van der Waals surface area contributed by atoms with Crippen LogP contribution in [-0.4, -0.2) is 20.4 Å². The number of hydrogen-bond donors (Lipinski definition) is 2. The summed E-state index contributed by atoms with van der Waals surface area (Å²) in [7, 11) is 0. The Labute approximate surface area is 141 Å². The van der Waals surface area contributed by atoms with Gasteiger partial charge in [0, 0.05) is 35.3 Å². The molecule has 0 unspecified atom stereocenters. The number of nitrogens with zero attached hydrogens (tertiary/aromatic N) is 2. The van der Waals surface area contributed by atoms with E-state index in [9.17, 15) is 19.7 Å². The second-order valence-electron chi connectivity index (χ2n) is 5.38. The Bertz CT molecular complexity index is 1000. The number of aromatic nitrogens is 2. The van der Waals surface area contributed by atoms with Crippen LogP contribution in [0.15, 0.2) is 59.5 Å². The molecule has 0 radical (unpaired) electrons. The number of imidazole rings is 1. The predicted molar refractivity (Wildman–Crippen MR) is 92.2 cm³/mol. The van der Waals surface area contributed by atoms with Gasteiger partial charge >= 0.3 is 5.69 Å². The molecule has 3 rings (SSSR count). The zero-order valence-electron chi connectivity index (χ0n) is 13.2. The number of anilines is 1. The van der Waals surface area contributed by atoms with Crippen LogP contribution in [0.25, 0.3) is 5.69 Å². The third-order valence-corrected chi connectivity index (χ3v) is 3.66. The number of benzene rings is 2. The van der Waals surface area contributed by atoms with Gasteiger partial charge in [-0.25, -0.2) is 4.79 Å². The summed E-state index contributed by atoms with van der Waals surface area (Å²) in [5, 5.41) is 13.4. The van der Waals surface area contributed by atoms with Crippen molar-refractivity contribution in [2.45, 2.75) is 6.92 Å². The molecule has 1 heterocycles. The minimum absolute atomic E-state index is 0.101. The molecule has 0 fully saturated rings. The van der Waals surface area contributed by atoms with Crippen LogP contribution in [0.3, 0.4) is 0 Å². The number of carbonyl (C=O) groups excluding carboxylic acids is 1. The van der Waals surface area contributed by atoms with Gasteiger partial charge < -0.3 is 10.3 Å². The van der Waals surface area contributed by atoms with Crippen molar-refractivity contribution in [3.63, 3.8) is 0 Å². The number of nitro groups is 1. The second kappa shape index (κ2) is 6.44. The van der Waals surface area contributed by atoms with Crippen LogP contribution in [0.2, 0.25) is 0 Å². The van der Waals surface area contributed by atoms with E-state index in [1.54, 1.807) is 43.5 Å². The van der Waals surface area contributed by atoms with Crippen molar-refractivity contribution in [2.75, 3.05) is 5.32 Å². The molecule has 25 heavy (non-hydrogen) atoms. The summed E-state index contributed by atoms with van der Waals surface area (Å²) in [6.45, 7) is 1.79. The fourth-order valence-electron chi connectivity index (χ4n) is 2.44. The van der Waals surface area contributed by atoms with Crippen molar-refractivity contribution in [1.82, 2.24) is 9.55 Å². The molecular weight excluding hydrogens is 324 g/mol. The van der Waals surface area contributed by atoms with Gasteiger partial charge in [0.15, 0.2) is 0 Å². The van der Waals surface area contributed by atoms with Gasteiger partial charge in [-0.05, 0) is 37.3 Å². The van der Waals surface area contributed by atoms with Crippen molar-refractivity contribution in [3.8, 4) is 5.69 Å². The molecule has 126 valence electrons. The van der Waals surface area contributed by atoms with E-state index in [0.29, 0.717) is 16.9 Å². The summed E-state index contributed by atoms with van der Waals surface area (Å²) in [6.07, 6.45) is 1.60. The fourth-order valence-corrected chi connectivity index (χ4v) is 2.44. The van der Waals surface area contributed by atoms with Gasteiger partial charge in [-0.2, -0.15) is 0 Å². The molecule has 0 atom stereocenters. The molecule has 0 saturated carbocycles. The first-order chi connectivity index (χ1) is 12.0. The van der Waals surface area contributed by atoms with Gasteiger partial charge in [0.1, 0.15) is 0 Å². The maximum atomic E-state index is 12.3. The predicted octanol–water partition coefficient (Wildman–Crippen LogP) is 2.63. The highest BCUT2D eigenvalue weighted by atomic mass is 16.6. The lowest BCUT2D eigenvalue weighted by atomic mass is 10.2. The number of hydrogen-bond acceptors (Lipinski definition) is 4. The molecule has 8 nitrogen and oxygen atoms in total. The van der Waals surface area contributed by atoms with E-state index in [1.807, 2.05) is 0 Å². The summed E-state index contributed by atoms with van der Waals surface area (Å²) in [5.74, 6) is -0.398. The van der Waals surface area contributed by atoms with Crippen molar-refractivity contribution in [2.24, 2.45) is 0 Å². The number of aryl methyl sites for hydroxylation is 1. The topological polar surface area (TPSA) is 110 Å². The maximum Gasteiger partial charge on any atom is 0.330 e. The van der Waals surface area contributed by atoms with Crippen molar-refractivity contribution in [1.29, 1.82) is 0 Å². The molecule has 2 aromatic carbocycles. The quantitative estimate of drug-likeness (QED) is 0.563. The molecule has 0 aliphatic heterocycles. The number of H-pyrrole nitrogens is 1. The Morgan fingerprint density at radius 1 is 1.20 bits per heavy atom. The lowest BCUT2D eigenvalue weighted by molar-refractivity contribution is -0.384. The zero-order valence-corrected chi connectivity index (χ0v) is 13.2. The van der Waals surface area contributed by atoms with Gasteiger partial charge in [-0.1, -0.05) is 6.07 Å². The van der Waals surface area contributed by atoms with E-state index in [0.717, 1.165) is 5.69 Å². The molecule has 0 spiro atoms. The largest absolute Gasteiger partial charge is 0.330 e. The van der Waals surface area contributed by atoms with E-state index in [1.165, 1.54) is 22.8 Å². The molecule has 0 aliphatic carbocycles. The first-order valence-corrected chi connectivity index (χ1v) is 7.39. The lowest BCUT2D eigenvalue weighted by Gasteiger charge is -2.07. The Morgan fingerprint density at radius 2 is 1.92 bits per heavy atom. The normalized spacial score (nSPS) is 10.4. The first-order valence-electron chi connectivity index (χ1n) is 7.39. The van der Waals surface area contributed by atoms with Crippen molar-refractivity contribution < 1.29 is 9.72 Å². The Kier molecular flexibility index (Phi) is 4.17. The molecule has 8 heteroatoms. The Morgan fingerprint density at radius 3 is 2.52 bits per heavy atom. The van der Waals surface area contributed by atoms with E-state index in [4.69, 9.17) is 0 Å². The minimum Gasteiger partial charge on any atom is -0.322 e. The highest BCUT2D eigenvalue weighted by Crippen LogP contribution is 2.18. The van der Waals surface area contributed by atoms with Gasteiger partial charge in [-0.15, -0.1) is 0 Å². The Hall–Kier alpha value is -3.68. The van der Waals surface area contributed by atoms with Crippen LogP contribution in [0, 0.1) is 17.0 Å². The van der Waals surface area contributed by atoms with Crippen LogP contribution < -0.4 is 11.0 Å². The van der Waals surface area contributed by atoms with E-state index in [-0.39, 0.29) is 11.4 Å². The average Bonchev–Trinajstić information content (AvgIpc) is 2.94. The lowest BCUT2D eigenvalue weighted by Crippen LogP contribution is -2.16. The SMILES string of the molecule is Cc1c[nH]c(=O)n1-c1ccc(C(=O)Nc2cccc([N+](=O)[O-])c2)cc1. The number of amides is 1. The van der Waals surface area contributed by atoms with E-state index in [2.05, 4.69) is 10.3 Å². The summed E-state index contributed by atoms with van der Waals surface area (Å²) in [5.41, 5.74) is 1.73. The van der Waals surface area contributed by atoms with Crippen LogP contribution in [-0.2, 0) is 0 Å². The standard InChI is InChI=1S/C17H14N4O4/c1-11-10-18-17(23)20(11)14-7-5-12(6-8-14)16(22)19-13-3-2-4-15(9-13)21(24)25/h2-10H,1H3,(H,18,23)(H,19,22). The van der Waals surface area contributed by atoms with Gasteiger partial charge in [0.2, 0.25) is 0 Å². The van der Waals surface area contributed by atoms with Crippen LogP contribution in [0.5, 0.6) is 0 Å². The molecule has 2 N–H and O–H groups in total. The average molecular weight is 338 g/mol. The van der Waals surface area contributed by atoms with Crippen molar-refractivity contribution in [3.05, 3.63) is 86.6 Å². The summed E-state index contributed by atoms with van der Waals surface area (Å²) >= 11 is 0. The fraction of sp³-hybridized carbons (Fsp3) is 0.0588. The number of nitro benzene ring substituents is 1. The highest BCUT2D eigenvalue weighted by molar-refractivity contribution is 6.04. The minimum atomic E-state index is -0.526. The van der Waals surface area contributed by atoms with E-state index < -0.39 is 10.8 Å². The third-order valence-electron chi connectivity index (χ3n) is 3.66. The number of aromatic amines is 1. The van der Waals surface area contributed by atoms with Crippen LogP contribution in [0.1, 0.15) is 16.1 Å². The molecular formula is C17H14N4O4. The second-order valence-corrected chi connectivity index (χ2v) is 5.38. The monoisotopic (exact) mass is 338 g/mol. The number of carbonyl (C=O) groups is 1. The summed E-state index contributed by atoms with van der Waals surface area (Å²) < 4.78 is 1.49. The Balaban J connectivity index is 1.81. The molecule has 0 saturated heterocycles. The number of rotatable bonds is 4.